The Bertz CT molecular complexity index is 917. The van der Waals surface area contributed by atoms with Crippen LogP contribution in [0.25, 0.3) is 6.08 Å². The Morgan fingerprint density at radius 1 is 1.21 bits per heavy atom. The molecule has 8 heteroatoms. The molecule has 0 unspecified atom stereocenters. The lowest BCUT2D eigenvalue weighted by Gasteiger charge is -2.13. The quantitative estimate of drug-likeness (QED) is 0.864. The first-order chi connectivity index (χ1) is 11.3. The second-order valence-corrected chi connectivity index (χ2v) is 7.43. The summed E-state index contributed by atoms with van der Waals surface area (Å²) in [6.07, 6.45) is 4.44. The molecule has 0 fully saturated rings. The van der Waals surface area contributed by atoms with Gasteiger partial charge in [0.1, 0.15) is 5.76 Å². The Labute approximate surface area is 140 Å². The van der Waals surface area contributed by atoms with Gasteiger partial charge in [-0.1, -0.05) is 0 Å². The minimum atomic E-state index is -3.54. The van der Waals surface area contributed by atoms with Gasteiger partial charge in [0.25, 0.3) is 0 Å². The zero-order valence-corrected chi connectivity index (χ0v) is 14.3. The van der Waals surface area contributed by atoms with Gasteiger partial charge < -0.3 is 9.73 Å². The molecule has 2 aromatic rings. The molecule has 1 aliphatic rings. The number of furan rings is 1. The highest BCUT2D eigenvalue weighted by Gasteiger charge is 2.35. The number of hydrogen-bond donors (Lipinski definition) is 1. The first-order valence-corrected chi connectivity index (χ1v) is 8.60. The maximum atomic E-state index is 12.2. The fraction of sp³-hybridized carbons (Fsp3) is 0.188. The number of amides is 1. The molecular weight excluding hydrogens is 330 g/mol. The van der Waals surface area contributed by atoms with E-state index in [2.05, 4.69) is 5.32 Å². The lowest BCUT2D eigenvalue weighted by molar-refractivity contribution is -0.111. The van der Waals surface area contributed by atoms with E-state index < -0.39 is 10.2 Å². The van der Waals surface area contributed by atoms with Crippen molar-refractivity contribution in [2.45, 2.75) is 6.92 Å². The molecule has 24 heavy (non-hydrogen) atoms. The van der Waals surface area contributed by atoms with Gasteiger partial charge in [-0.3, -0.25) is 13.4 Å². The van der Waals surface area contributed by atoms with Crippen LogP contribution in [0.1, 0.15) is 11.3 Å². The van der Waals surface area contributed by atoms with Crippen molar-refractivity contribution in [3.63, 3.8) is 0 Å². The van der Waals surface area contributed by atoms with Crippen LogP contribution in [0.3, 0.4) is 0 Å². The van der Waals surface area contributed by atoms with Crippen molar-refractivity contribution >= 4 is 39.3 Å². The molecule has 1 aromatic carbocycles. The molecule has 0 bridgehead atoms. The lowest BCUT2D eigenvalue weighted by atomic mass is 10.1. The number of benzene rings is 1. The number of anilines is 3. The molecule has 1 aliphatic heterocycles. The van der Waals surface area contributed by atoms with Crippen LogP contribution in [0.4, 0.5) is 17.1 Å². The number of aryl methyl sites for hydroxylation is 1. The molecule has 0 radical (unpaired) electrons. The topological polar surface area (TPSA) is 82.9 Å². The van der Waals surface area contributed by atoms with Gasteiger partial charge in [0.15, 0.2) is 0 Å². The van der Waals surface area contributed by atoms with E-state index in [1.807, 2.05) is 6.92 Å². The summed E-state index contributed by atoms with van der Waals surface area (Å²) in [5.74, 6) is 0.245. The number of nitrogens with zero attached hydrogens (tertiary/aromatic N) is 2. The maximum Gasteiger partial charge on any atom is 0.326 e. The van der Waals surface area contributed by atoms with Gasteiger partial charge in [-0.25, -0.2) is 0 Å². The smallest absolute Gasteiger partial charge is 0.326 e. The zero-order valence-electron chi connectivity index (χ0n) is 13.5. The number of carbonyl (C=O) groups excluding carboxylic acids is 1. The van der Waals surface area contributed by atoms with E-state index >= 15 is 0 Å². The van der Waals surface area contributed by atoms with E-state index in [1.54, 1.807) is 30.3 Å². The largest absolute Gasteiger partial charge is 0.465 e. The SMILES string of the molecule is Cc1cc2c(cc1NC(=O)C=Cc1ccco1)N(C)S(=O)(=O)N2C. The standard InChI is InChI=1S/C16H17N3O4S/c1-11-9-14-15(19(3)24(21,22)18(14)2)10-13(11)17-16(20)7-6-12-5-4-8-23-12/h4-10H,1-3H3,(H,17,20). The van der Waals surface area contributed by atoms with Crippen molar-refractivity contribution in [1.82, 2.24) is 0 Å². The van der Waals surface area contributed by atoms with Crippen molar-refractivity contribution in [2.24, 2.45) is 0 Å². The summed E-state index contributed by atoms with van der Waals surface area (Å²) in [5, 5.41) is 2.76. The molecule has 3 rings (SSSR count). The molecule has 0 saturated carbocycles. The van der Waals surface area contributed by atoms with E-state index in [4.69, 9.17) is 4.42 Å². The van der Waals surface area contributed by atoms with Gasteiger partial charge in [-0.15, -0.1) is 0 Å². The Kier molecular flexibility index (Phi) is 3.84. The van der Waals surface area contributed by atoms with Crippen LogP contribution in [-0.2, 0) is 15.0 Å². The molecule has 7 nitrogen and oxygen atoms in total. The van der Waals surface area contributed by atoms with Crippen LogP contribution in [0.5, 0.6) is 0 Å². The molecule has 2 heterocycles. The monoisotopic (exact) mass is 347 g/mol. The summed E-state index contributed by atoms with van der Waals surface area (Å²) in [7, 11) is -0.554. The van der Waals surface area contributed by atoms with Crippen molar-refractivity contribution in [3.8, 4) is 0 Å². The van der Waals surface area contributed by atoms with E-state index in [0.717, 1.165) is 5.56 Å². The normalized spacial score (nSPS) is 15.8. The maximum absolute atomic E-state index is 12.2. The highest BCUT2D eigenvalue weighted by Crippen LogP contribution is 2.41. The summed E-state index contributed by atoms with van der Waals surface area (Å²) >= 11 is 0. The van der Waals surface area contributed by atoms with Crippen molar-refractivity contribution in [3.05, 3.63) is 47.9 Å². The highest BCUT2D eigenvalue weighted by atomic mass is 32.2. The fourth-order valence-electron chi connectivity index (χ4n) is 2.47. The van der Waals surface area contributed by atoms with E-state index in [9.17, 15) is 13.2 Å². The van der Waals surface area contributed by atoms with Gasteiger partial charge in [0.05, 0.1) is 17.6 Å². The van der Waals surface area contributed by atoms with Crippen molar-refractivity contribution < 1.29 is 17.6 Å². The molecule has 0 spiro atoms. The van der Waals surface area contributed by atoms with Crippen LogP contribution in [0.2, 0.25) is 0 Å². The number of fused-ring (bicyclic) bond motifs is 1. The number of carbonyl (C=O) groups is 1. The Hall–Kier alpha value is -2.74. The molecule has 1 N–H and O–H groups in total. The molecule has 1 aromatic heterocycles. The zero-order chi connectivity index (χ0) is 17.5. The first kappa shape index (κ1) is 16.1. The van der Waals surface area contributed by atoms with Crippen LogP contribution in [0.15, 0.2) is 41.0 Å². The van der Waals surface area contributed by atoms with Crippen LogP contribution < -0.4 is 13.9 Å². The van der Waals surface area contributed by atoms with Gasteiger partial charge in [-0.2, -0.15) is 8.42 Å². The fourth-order valence-corrected chi connectivity index (χ4v) is 3.63. The molecular formula is C16H17N3O4S. The highest BCUT2D eigenvalue weighted by molar-refractivity contribution is 7.94. The second kappa shape index (κ2) is 5.72. The molecule has 126 valence electrons. The van der Waals surface area contributed by atoms with Gasteiger partial charge in [0.2, 0.25) is 5.91 Å². The summed E-state index contributed by atoms with van der Waals surface area (Å²) in [4.78, 5) is 12.1. The van der Waals surface area contributed by atoms with E-state index in [-0.39, 0.29) is 5.91 Å². The molecule has 1 amide bonds. The van der Waals surface area contributed by atoms with Crippen molar-refractivity contribution in [2.75, 3.05) is 28.0 Å². The predicted octanol–water partition coefficient (Wildman–Crippen LogP) is 2.37. The average Bonchev–Trinajstić information content (AvgIpc) is 3.10. The van der Waals surface area contributed by atoms with Crippen molar-refractivity contribution in [1.29, 1.82) is 0 Å². The minimum Gasteiger partial charge on any atom is -0.465 e. The molecule has 0 aliphatic carbocycles. The Morgan fingerprint density at radius 2 is 1.88 bits per heavy atom. The Morgan fingerprint density at radius 3 is 2.50 bits per heavy atom. The van der Waals surface area contributed by atoms with Gasteiger partial charge in [-0.05, 0) is 42.8 Å². The van der Waals surface area contributed by atoms with E-state index in [1.165, 1.54) is 35.0 Å². The summed E-state index contributed by atoms with van der Waals surface area (Å²) in [6.45, 7) is 1.81. The third kappa shape index (κ3) is 2.65. The average molecular weight is 347 g/mol. The second-order valence-electron chi connectivity index (χ2n) is 5.44. The summed E-state index contributed by atoms with van der Waals surface area (Å²) in [5.41, 5.74) is 2.43. The molecule has 0 atom stereocenters. The van der Waals surface area contributed by atoms with Gasteiger partial charge in [0, 0.05) is 25.9 Å². The van der Waals surface area contributed by atoms with Gasteiger partial charge >= 0.3 is 10.2 Å². The molecule has 0 saturated heterocycles. The summed E-state index contributed by atoms with van der Waals surface area (Å²) in [6, 6.07) is 6.86. The van der Waals surface area contributed by atoms with Crippen LogP contribution in [-0.4, -0.2) is 28.4 Å². The Balaban J connectivity index is 1.86. The van der Waals surface area contributed by atoms with Crippen LogP contribution in [0, 0.1) is 6.92 Å². The summed E-state index contributed by atoms with van der Waals surface area (Å²) < 4.78 is 31.9. The van der Waals surface area contributed by atoms with E-state index in [0.29, 0.717) is 22.8 Å². The lowest BCUT2D eigenvalue weighted by Crippen LogP contribution is -2.32. The predicted molar refractivity (Wildman–Crippen MR) is 93.3 cm³/mol. The van der Waals surface area contributed by atoms with Crippen LogP contribution >= 0.6 is 0 Å². The first-order valence-electron chi connectivity index (χ1n) is 7.20. The third-order valence-corrected chi connectivity index (χ3v) is 5.67. The third-order valence-electron chi connectivity index (χ3n) is 3.89. The number of rotatable bonds is 3. The number of hydrogen-bond acceptors (Lipinski definition) is 4. The minimum absolute atomic E-state index is 0.327. The number of nitrogens with one attached hydrogen (secondary N) is 1.